The molecule has 0 amide bonds. The van der Waals surface area contributed by atoms with Gasteiger partial charge in [-0.2, -0.15) is 13.2 Å². The number of ether oxygens (including phenoxy) is 1. The van der Waals surface area contributed by atoms with Crippen LogP contribution >= 0.6 is 0 Å². The number of hydrogen-bond acceptors (Lipinski definition) is 2. The van der Waals surface area contributed by atoms with Gasteiger partial charge in [-0.25, -0.2) is 0 Å². The van der Waals surface area contributed by atoms with Gasteiger partial charge in [0.05, 0.1) is 6.61 Å². The summed E-state index contributed by atoms with van der Waals surface area (Å²) in [6, 6.07) is -1.78. The summed E-state index contributed by atoms with van der Waals surface area (Å²) in [7, 11) is 1.48. The average molecular weight is 241 g/mol. The Kier molecular flexibility index (Phi) is 5.76. The Morgan fingerprint density at radius 3 is 2.00 bits per heavy atom. The van der Waals surface area contributed by atoms with Crippen LogP contribution in [0.3, 0.4) is 0 Å². The van der Waals surface area contributed by atoms with Crippen molar-refractivity contribution in [2.75, 3.05) is 13.7 Å². The lowest BCUT2D eigenvalue weighted by Gasteiger charge is -2.30. The van der Waals surface area contributed by atoms with Gasteiger partial charge in [0.15, 0.2) is 0 Å². The smallest absolute Gasteiger partial charge is 0.383 e. The fourth-order valence-corrected chi connectivity index (χ4v) is 1.52. The Morgan fingerprint density at radius 1 is 1.19 bits per heavy atom. The van der Waals surface area contributed by atoms with Crippen LogP contribution in [0, 0.1) is 5.41 Å². The highest BCUT2D eigenvalue weighted by Gasteiger charge is 2.41. The molecule has 0 fully saturated rings. The van der Waals surface area contributed by atoms with Crippen molar-refractivity contribution in [1.29, 1.82) is 0 Å². The second-order valence-corrected chi connectivity index (χ2v) is 5.38. The molecule has 0 aliphatic heterocycles. The van der Waals surface area contributed by atoms with E-state index in [0.29, 0.717) is 0 Å². The second kappa shape index (κ2) is 5.87. The SMILES string of the molecule is COCC(C)NC(CC(C)(C)C)C(F)(F)F. The minimum atomic E-state index is -4.21. The van der Waals surface area contributed by atoms with E-state index >= 15 is 0 Å². The van der Waals surface area contributed by atoms with Crippen LogP contribution in [0.25, 0.3) is 0 Å². The highest BCUT2D eigenvalue weighted by molar-refractivity contribution is 4.82. The van der Waals surface area contributed by atoms with Crippen LogP contribution in [-0.4, -0.2) is 32.0 Å². The fourth-order valence-electron chi connectivity index (χ4n) is 1.52. The van der Waals surface area contributed by atoms with Crippen molar-refractivity contribution in [2.24, 2.45) is 5.41 Å². The molecular weight excluding hydrogens is 219 g/mol. The fraction of sp³-hybridized carbons (Fsp3) is 1.00. The van der Waals surface area contributed by atoms with Gasteiger partial charge in [-0.05, 0) is 18.8 Å². The first-order valence-corrected chi connectivity index (χ1v) is 5.38. The van der Waals surface area contributed by atoms with E-state index in [1.165, 1.54) is 7.11 Å². The van der Waals surface area contributed by atoms with E-state index in [9.17, 15) is 13.2 Å². The van der Waals surface area contributed by atoms with Crippen molar-refractivity contribution in [1.82, 2.24) is 5.32 Å². The Morgan fingerprint density at radius 2 is 1.69 bits per heavy atom. The molecule has 0 heterocycles. The molecule has 0 saturated heterocycles. The van der Waals surface area contributed by atoms with E-state index in [1.54, 1.807) is 27.7 Å². The van der Waals surface area contributed by atoms with Crippen molar-refractivity contribution in [3.63, 3.8) is 0 Å². The summed E-state index contributed by atoms with van der Waals surface area (Å²) in [5.41, 5.74) is -0.361. The van der Waals surface area contributed by atoms with Gasteiger partial charge in [-0.15, -0.1) is 0 Å². The number of hydrogen-bond donors (Lipinski definition) is 1. The van der Waals surface area contributed by atoms with Crippen molar-refractivity contribution in [3.8, 4) is 0 Å². The quantitative estimate of drug-likeness (QED) is 0.799. The van der Waals surface area contributed by atoms with Crippen LogP contribution in [-0.2, 0) is 4.74 Å². The normalized spacial score (nSPS) is 17.2. The molecule has 5 heteroatoms. The third-order valence-electron chi connectivity index (χ3n) is 2.11. The molecule has 98 valence electrons. The van der Waals surface area contributed by atoms with E-state index in [1.807, 2.05) is 0 Å². The first-order chi connectivity index (χ1) is 7.06. The monoisotopic (exact) mass is 241 g/mol. The molecule has 1 N–H and O–H groups in total. The molecule has 0 spiro atoms. The Balaban J connectivity index is 4.45. The number of alkyl halides is 3. The van der Waals surface area contributed by atoms with Crippen molar-refractivity contribution >= 4 is 0 Å². The molecule has 0 aromatic rings. The van der Waals surface area contributed by atoms with Crippen molar-refractivity contribution in [3.05, 3.63) is 0 Å². The summed E-state index contributed by atoms with van der Waals surface area (Å²) in [6.07, 6.45) is -4.15. The third kappa shape index (κ3) is 7.06. The maximum absolute atomic E-state index is 12.7. The molecule has 2 nitrogen and oxygen atoms in total. The van der Waals surface area contributed by atoms with E-state index in [-0.39, 0.29) is 24.5 Å². The minimum Gasteiger partial charge on any atom is -0.383 e. The van der Waals surface area contributed by atoms with E-state index < -0.39 is 12.2 Å². The number of halogens is 3. The molecule has 0 rings (SSSR count). The van der Waals surface area contributed by atoms with Gasteiger partial charge in [-0.3, -0.25) is 0 Å². The molecule has 2 atom stereocenters. The predicted octanol–water partition coefficient (Wildman–Crippen LogP) is 2.98. The topological polar surface area (TPSA) is 21.3 Å². The van der Waals surface area contributed by atoms with E-state index in [4.69, 9.17) is 4.74 Å². The Bertz CT molecular complexity index is 198. The largest absolute Gasteiger partial charge is 0.403 e. The summed E-state index contributed by atoms with van der Waals surface area (Å²) in [5.74, 6) is 0. The standard InChI is InChI=1S/C11H22F3NO/c1-8(7-16-5)15-9(11(12,13)14)6-10(2,3)4/h8-9,15H,6-7H2,1-5H3. The van der Waals surface area contributed by atoms with Gasteiger partial charge in [0, 0.05) is 13.2 Å². The molecule has 0 aromatic carbocycles. The van der Waals surface area contributed by atoms with Gasteiger partial charge in [0.2, 0.25) is 0 Å². The first-order valence-electron chi connectivity index (χ1n) is 5.38. The molecule has 2 unspecified atom stereocenters. The van der Waals surface area contributed by atoms with E-state index in [0.717, 1.165) is 0 Å². The van der Waals surface area contributed by atoms with Crippen LogP contribution in [0.1, 0.15) is 34.1 Å². The summed E-state index contributed by atoms with van der Waals surface area (Å²) in [4.78, 5) is 0. The number of nitrogens with one attached hydrogen (secondary N) is 1. The van der Waals surface area contributed by atoms with Crippen LogP contribution < -0.4 is 5.32 Å². The lowest BCUT2D eigenvalue weighted by Crippen LogP contribution is -2.49. The second-order valence-electron chi connectivity index (χ2n) is 5.38. The Hall–Kier alpha value is -0.290. The lowest BCUT2D eigenvalue weighted by molar-refractivity contribution is -0.164. The van der Waals surface area contributed by atoms with Gasteiger partial charge in [-0.1, -0.05) is 20.8 Å². The zero-order chi connectivity index (χ0) is 13.0. The summed E-state index contributed by atoms with van der Waals surface area (Å²) in [5, 5.41) is 2.56. The van der Waals surface area contributed by atoms with Gasteiger partial charge < -0.3 is 10.1 Å². The summed E-state index contributed by atoms with van der Waals surface area (Å²) in [6.45, 7) is 7.36. The molecular formula is C11H22F3NO. The highest BCUT2D eigenvalue weighted by atomic mass is 19.4. The van der Waals surface area contributed by atoms with Crippen molar-refractivity contribution < 1.29 is 17.9 Å². The van der Waals surface area contributed by atoms with E-state index in [2.05, 4.69) is 5.32 Å². The zero-order valence-corrected chi connectivity index (χ0v) is 10.6. The number of rotatable bonds is 5. The molecule has 0 aromatic heterocycles. The maximum Gasteiger partial charge on any atom is 0.403 e. The molecule has 0 aliphatic rings. The van der Waals surface area contributed by atoms with Crippen LogP contribution in [0.5, 0.6) is 0 Å². The average Bonchev–Trinajstić information content (AvgIpc) is 1.98. The third-order valence-corrected chi connectivity index (χ3v) is 2.11. The predicted molar refractivity (Wildman–Crippen MR) is 58.4 cm³/mol. The highest BCUT2D eigenvalue weighted by Crippen LogP contribution is 2.30. The van der Waals surface area contributed by atoms with Gasteiger partial charge >= 0.3 is 6.18 Å². The first kappa shape index (κ1) is 15.7. The molecule has 0 bridgehead atoms. The maximum atomic E-state index is 12.7. The lowest BCUT2D eigenvalue weighted by atomic mass is 9.87. The minimum absolute atomic E-state index is 0.0601. The summed E-state index contributed by atoms with van der Waals surface area (Å²) >= 11 is 0. The van der Waals surface area contributed by atoms with Gasteiger partial charge in [0.1, 0.15) is 6.04 Å². The van der Waals surface area contributed by atoms with Gasteiger partial charge in [0.25, 0.3) is 0 Å². The van der Waals surface area contributed by atoms with Crippen molar-refractivity contribution in [2.45, 2.75) is 52.4 Å². The summed E-state index contributed by atoms with van der Waals surface area (Å²) < 4.78 is 43.1. The molecule has 0 aliphatic carbocycles. The van der Waals surface area contributed by atoms with Crippen LogP contribution in [0.4, 0.5) is 13.2 Å². The molecule has 16 heavy (non-hydrogen) atoms. The Labute approximate surface area is 95.5 Å². The molecule has 0 radical (unpaired) electrons. The zero-order valence-electron chi connectivity index (χ0n) is 10.6. The van der Waals surface area contributed by atoms with Crippen LogP contribution in [0.15, 0.2) is 0 Å². The molecule has 0 saturated carbocycles. The van der Waals surface area contributed by atoms with Crippen LogP contribution in [0.2, 0.25) is 0 Å². The number of methoxy groups -OCH3 is 1.